The summed E-state index contributed by atoms with van der Waals surface area (Å²) in [4.78, 5) is 0. The van der Waals surface area contributed by atoms with Crippen LogP contribution in [-0.2, 0) is 0 Å². The van der Waals surface area contributed by atoms with Gasteiger partial charge in [-0.05, 0) is 12.1 Å². The van der Waals surface area contributed by atoms with Crippen molar-refractivity contribution in [1.82, 2.24) is 0 Å². The Morgan fingerprint density at radius 1 is 1.44 bits per heavy atom. The Kier molecular flexibility index (Phi) is 1.43. The molecule has 0 spiro atoms. The molecule has 1 rings (SSSR count). The first-order chi connectivity index (χ1) is 4.20. The Morgan fingerprint density at radius 3 is 2.56 bits per heavy atom. The van der Waals surface area contributed by atoms with Crippen molar-refractivity contribution in [3.8, 4) is 0 Å². The van der Waals surface area contributed by atoms with Gasteiger partial charge in [-0.3, -0.25) is 0 Å². The first kappa shape index (κ1) is 6.14. The van der Waals surface area contributed by atoms with E-state index in [1.165, 1.54) is 18.2 Å². The third-order valence-corrected chi connectivity index (χ3v) is 1.02. The predicted octanol–water partition coefficient (Wildman–Crippen LogP) is 0.202. The zero-order valence-corrected chi connectivity index (χ0v) is 4.76. The molecule has 0 aliphatic carbocycles. The lowest BCUT2D eigenvalue weighted by atomic mass is 9.96. The molecule has 0 fully saturated rings. The number of hydrogen-bond donors (Lipinski definition) is 1. The van der Waals surface area contributed by atoms with E-state index in [-0.39, 0.29) is 5.69 Å². The largest absolute Gasteiger partial charge is 0.396 e. The Labute approximate surface area is 54.1 Å². The van der Waals surface area contributed by atoms with Crippen LogP contribution in [-0.4, -0.2) is 7.85 Å². The number of nitrogen functional groups attached to an aromatic ring is 1. The first-order valence-electron chi connectivity index (χ1n) is 2.50. The van der Waals surface area contributed by atoms with Crippen molar-refractivity contribution >= 4 is 19.0 Å². The molecule has 1 aromatic rings. The molecule has 9 heavy (non-hydrogen) atoms. The highest BCUT2D eigenvalue weighted by Gasteiger charge is 1.93. The van der Waals surface area contributed by atoms with Gasteiger partial charge in [-0.25, -0.2) is 4.39 Å². The molecule has 1 aromatic carbocycles. The third-order valence-electron chi connectivity index (χ3n) is 1.02. The number of anilines is 1. The van der Waals surface area contributed by atoms with Gasteiger partial charge in [0.2, 0.25) is 0 Å². The summed E-state index contributed by atoms with van der Waals surface area (Å²) < 4.78 is 12.3. The summed E-state index contributed by atoms with van der Waals surface area (Å²) in [5.74, 6) is -0.427. The van der Waals surface area contributed by atoms with E-state index in [1.54, 1.807) is 0 Å². The van der Waals surface area contributed by atoms with Crippen molar-refractivity contribution in [3.05, 3.63) is 24.0 Å². The lowest BCUT2D eigenvalue weighted by molar-refractivity contribution is 0.633. The summed E-state index contributed by atoms with van der Waals surface area (Å²) in [6, 6.07) is 4.09. The molecule has 0 saturated carbocycles. The van der Waals surface area contributed by atoms with Crippen LogP contribution in [0.3, 0.4) is 0 Å². The summed E-state index contributed by atoms with van der Waals surface area (Å²) >= 11 is 0. The van der Waals surface area contributed by atoms with E-state index in [1.807, 2.05) is 0 Å². The van der Waals surface area contributed by atoms with Crippen molar-refractivity contribution in [3.63, 3.8) is 0 Å². The molecule has 0 heterocycles. The third kappa shape index (κ3) is 1.22. The maximum atomic E-state index is 12.3. The monoisotopic (exact) mass is 121 g/mol. The van der Waals surface area contributed by atoms with Gasteiger partial charge in [-0.15, -0.1) is 0 Å². The van der Waals surface area contributed by atoms with Crippen molar-refractivity contribution < 1.29 is 4.39 Å². The summed E-state index contributed by atoms with van der Waals surface area (Å²) in [7, 11) is 5.28. The quantitative estimate of drug-likeness (QED) is 0.385. The number of nitrogens with two attached hydrogens (primary N) is 1. The van der Waals surface area contributed by atoms with Crippen LogP contribution in [0.1, 0.15) is 0 Å². The molecule has 3 heteroatoms. The lowest BCUT2D eigenvalue weighted by Crippen LogP contribution is -2.04. The van der Waals surface area contributed by atoms with Gasteiger partial charge in [0.1, 0.15) is 13.7 Å². The van der Waals surface area contributed by atoms with Crippen LogP contribution in [0.25, 0.3) is 0 Å². The number of hydrogen-bond acceptors (Lipinski definition) is 1. The predicted molar refractivity (Wildman–Crippen MR) is 36.2 cm³/mol. The maximum absolute atomic E-state index is 12.3. The summed E-state index contributed by atoms with van der Waals surface area (Å²) in [6.07, 6.45) is 0. The van der Waals surface area contributed by atoms with Crippen molar-refractivity contribution in [1.29, 1.82) is 0 Å². The molecule has 0 aliphatic heterocycles. The smallest absolute Gasteiger partial charge is 0.146 e. The van der Waals surface area contributed by atoms with Gasteiger partial charge >= 0.3 is 0 Å². The van der Waals surface area contributed by atoms with Gasteiger partial charge in [-0.1, -0.05) is 11.5 Å². The van der Waals surface area contributed by atoms with Crippen LogP contribution in [0.4, 0.5) is 10.1 Å². The van der Waals surface area contributed by atoms with Crippen molar-refractivity contribution in [2.45, 2.75) is 0 Å². The molecule has 44 valence electrons. The molecule has 0 aromatic heterocycles. The summed E-state index contributed by atoms with van der Waals surface area (Å²) in [5, 5.41) is 0. The number of benzene rings is 1. The van der Waals surface area contributed by atoms with Crippen LogP contribution >= 0.6 is 0 Å². The standard InChI is InChI=1S/C6H5BFN/c7-4-1-2-5(8)6(9)3-4/h1-3H,9H2. The van der Waals surface area contributed by atoms with E-state index in [4.69, 9.17) is 13.6 Å². The summed E-state index contributed by atoms with van der Waals surface area (Å²) in [6.45, 7) is 0. The van der Waals surface area contributed by atoms with Gasteiger partial charge < -0.3 is 5.73 Å². The highest BCUT2D eigenvalue weighted by molar-refractivity contribution is 6.32. The Bertz CT molecular complexity index is 224. The number of halogens is 1. The molecule has 2 radical (unpaired) electrons. The van der Waals surface area contributed by atoms with Crippen molar-refractivity contribution in [2.75, 3.05) is 5.73 Å². The number of rotatable bonds is 0. The highest BCUT2D eigenvalue weighted by atomic mass is 19.1. The van der Waals surface area contributed by atoms with Crippen LogP contribution in [0, 0.1) is 5.82 Å². The van der Waals surface area contributed by atoms with E-state index in [2.05, 4.69) is 0 Å². The Hall–Kier alpha value is -0.985. The van der Waals surface area contributed by atoms with E-state index in [0.717, 1.165) is 0 Å². The van der Waals surface area contributed by atoms with E-state index in [9.17, 15) is 4.39 Å². The minimum absolute atomic E-state index is 0.0926. The Balaban J connectivity index is 3.17. The summed E-state index contributed by atoms with van der Waals surface area (Å²) in [5.41, 5.74) is 5.74. The molecule has 0 amide bonds. The average Bonchev–Trinajstić information content (AvgIpc) is 1.80. The van der Waals surface area contributed by atoms with Gasteiger partial charge in [0.05, 0.1) is 5.69 Å². The van der Waals surface area contributed by atoms with Crippen LogP contribution in [0.5, 0.6) is 0 Å². The SMILES string of the molecule is [B]c1ccc(F)c(N)c1. The molecule has 2 N–H and O–H groups in total. The maximum Gasteiger partial charge on any atom is 0.146 e. The zero-order chi connectivity index (χ0) is 6.85. The molecule has 0 unspecified atom stereocenters. The fourth-order valence-corrected chi connectivity index (χ4v) is 0.562. The molecule has 0 saturated heterocycles. The van der Waals surface area contributed by atoms with Gasteiger partial charge in [-0.2, -0.15) is 0 Å². The lowest BCUT2D eigenvalue weighted by Gasteiger charge is -1.95. The minimum atomic E-state index is -0.427. The van der Waals surface area contributed by atoms with E-state index < -0.39 is 5.82 Å². The van der Waals surface area contributed by atoms with Crippen LogP contribution in [0.15, 0.2) is 18.2 Å². The zero-order valence-electron chi connectivity index (χ0n) is 4.76. The van der Waals surface area contributed by atoms with Crippen molar-refractivity contribution in [2.24, 2.45) is 0 Å². The molecular formula is C6H5BFN. The second kappa shape index (κ2) is 2.09. The van der Waals surface area contributed by atoms with E-state index in [0.29, 0.717) is 5.46 Å². The van der Waals surface area contributed by atoms with Gasteiger partial charge in [0.25, 0.3) is 0 Å². The topological polar surface area (TPSA) is 26.0 Å². The molecular weight excluding hydrogens is 116 g/mol. The van der Waals surface area contributed by atoms with Gasteiger partial charge in [0, 0.05) is 0 Å². The van der Waals surface area contributed by atoms with Crippen LogP contribution in [0.2, 0.25) is 0 Å². The fraction of sp³-hybridized carbons (Fsp3) is 0. The minimum Gasteiger partial charge on any atom is -0.396 e. The molecule has 0 aliphatic rings. The first-order valence-corrected chi connectivity index (χ1v) is 2.50. The van der Waals surface area contributed by atoms with Gasteiger partial charge in [0.15, 0.2) is 0 Å². The second-order valence-corrected chi connectivity index (χ2v) is 1.78. The molecule has 0 atom stereocenters. The normalized spacial score (nSPS) is 9.44. The average molecular weight is 121 g/mol. The van der Waals surface area contributed by atoms with E-state index >= 15 is 0 Å². The Morgan fingerprint density at radius 2 is 2.11 bits per heavy atom. The van der Waals surface area contributed by atoms with Crippen LogP contribution < -0.4 is 11.2 Å². The second-order valence-electron chi connectivity index (χ2n) is 1.78. The fourth-order valence-electron chi connectivity index (χ4n) is 0.562. The highest BCUT2D eigenvalue weighted by Crippen LogP contribution is 2.04. The molecule has 0 bridgehead atoms. The molecule has 1 nitrogen and oxygen atoms in total.